The van der Waals surface area contributed by atoms with E-state index >= 15 is 0 Å². The van der Waals surface area contributed by atoms with Crippen LogP contribution in [0.2, 0.25) is 0 Å². The van der Waals surface area contributed by atoms with Gasteiger partial charge in [0.15, 0.2) is 0 Å². The Labute approximate surface area is 137 Å². The van der Waals surface area contributed by atoms with Crippen molar-refractivity contribution in [2.45, 2.75) is 39.1 Å². The van der Waals surface area contributed by atoms with Crippen LogP contribution < -0.4 is 7.06 Å². The van der Waals surface area contributed by atoms with Gasteiger partial charge in [-0.25, -0.2) is 0 Å². The average molecular weight is 504 g/mol. The minimum absolute atomic E-state index is 0.0671. The van der Waals surface area contributed by atoms with Crippen molar-refractivity contribution in [2.75, 3.05) is 0 Å². The molecule has 2 N–H and O–H groups in total. The van der Waals surface area contributed by atoms with Gasteiger partial charge in [-0.05, 0) is 0 Å². The van der Waals surface area contributed by atoms with E-state index in [1.807, 2.05) is 6.92 Å². The molecule has 110 valence electrons. The van der Waals surface area contributed by atoms with Crippen molar-refractivity contribution in [2.24, 2.45) is 17.8 Å². The van der Waals surface area contributed by atoms with Gasteiger partial charge in [0.2, 0.25) is 0 Å². The van der Waals surface area contributed by atoms with Crippen LogP contribution in [0.3, 0.4) is 0 Å². The number of esters is 2. The number of rotatable bonds is 3. The average Bonchev–Trinajstić information content (AvgIpc) is 3.13. The van der Waals surface area contributed by atoms with Crippen LogP contribution in [0.25, 0.3) is 0 Å². The van der Waals surface area contributed by atoms with E-state index in [2.05, 4.69) is 29.7 Å². The Balaban J connectivity index is 1.35. The molecule has 20 heavy (non-hydrogen) atoms. The molecular formula is C12H14I2N2O4. The predicted molar refractivity (Wildman–Crippen MR) is 84.9 cm³/mol. The zero-order valence-electron chi connectivity index (χ0n) is 10.7. The maximum absolute atomic E-state index is 12.5. The number of nitrogens with one attached hydrogen (secondary N) is 2. The zero-order valence-corrected chi connectivity index (χ0v) is 15.0. The summed E-state index contributed by atoms with van der Waals surface area (Å²) in [6, 6.07) is 0. The Bertz CT molecular complexity index is 548. The van der Waals surface area contributed by atoms with Gasteiger partial charge >= 0.3 is 138 Å². The van der Waals surface area contributed by atoms with Crippen molar-refractivity contribution in [3.05, 3.63) is 0 Å². The van der Waals surface area contributed by atoms with Crippen LogP contribution in [0.4, 0.5) is 0 Å². The Morgan fingerprint density at radius 2 is 2.25 bits per heavy atom. The summed E-state index contributed by atoms with van der Waals surface area (Å²) >= 11 is 1.01. The first-order valence-electron chi connectivity index (χ1n) is 6.80. The Hall–Kier alpha value is 0.320. The number of alkyl halides is 2. The van der Waals surface area contributed by atoms with Crippen molar-refractivity contribution < 1.29 is 19.1 Å². The molecule has 0 aromatic carbocycles. The standard InChI is InChI=1S/C12H14I2N2O4/c1-11(13,12-14(15-12)16-12)10(18)20-7-4-2-5-6(3-4)9(17)19-8(5)7/h4-8,15-16H,2-3H2,1H3. The summed E-state index contributed by atoms with van der Waals surface area (Å²) in [6.45, 7) is 1.93. The number of halogens is 2. The molecule has 0 spiro atoms. The molecule has 6 atom stereocenters. The summed E-state index contributed by atoms with van der Waals surface area (Å²) in [5, 5.41) is 0. The maximum atomic E-state index is 12.5. The summed E-state index contributed by atoms with van der Waals surface area (Å²) in [7, 11) is 0. The number of carbonyl (C=O) groups is 2. The first kappa shape index (κ1) is 12.8. The molecule has 3 saturated heterocycles. The van der Waals surface area contributed by atoms with Gasteiger partial charge in [0, 0.05) is 0 Å². The molecule has 3 heterocycles. The van der Waals surface area contributed by atoms with Crippen LogP contribution in [-0.4, -0.2) is 31.2 Å². The molecule has 5 fully saturated rings. The molecule has 0 aromatic heterocycles. The first-order valence-corrected chi connectivity index (χ1v) is 11.1. The molecule has 5 rings (SSSR count). The van der Waals surface area contributed by atoms with E-state index in [1.165, 1.54) is 0 Å². The van der Waals surface area contributed by atoms with E-state index in [-0.39, 0.29) is 39.7 Å². The van der Waals surface area contributed by atoms with Crippen LogP contribution in [0.5, 0.6) is 0 Å². The minimum atomic E-state index is -1.18. The van der Waals surface area contributed by atoms with Gasteiger partial charge in [-0.1, -0.05) is 0 Å². The summed E-state index contributed by atoms with van der Waals surface area (Å²) in [6.07, 6.45) is 1.39. The molecule has 6 unspecified atom stereocenters. The third kappa shape index (κ3) is 1.37. The monoisotopic (exact) mass is 504 g/mol. The van der Waals surface area contributed by atoms with E-state index < -0.39 is 23.8 Å². The van der Waals surface area contributed by atoms with Gasteiger partial charge in [-0.3, -0.25) is 0 Å². The van der Waals surface area contributed by atoms with Crippen molar-refractivity contribution in [3.8, 4) is 0 Å². The quantitative estimate of drug-likeness (QED) is 0.148. The third-order valence-electron chi connectivity index (χ3n) is 5.35. The van der Waals surface area contributed by atoms with E-state index in [0.29, 0.717) is 5.92 Å². The molecule has 0 amide bonds. The van der Waals surface area contributed by atoms with Gasteiger partial charge in [0.1, 0.15) is 0 Å². The Kier molecular flexibility index (Phi) is 2.32. The van der Waals surface area contributed by atoms with Crippen LogP contribution in [0, 0.1) is 17.8 Å². The van der Waals surface area contributed by atoms with Crippen LogP contribution in [0.1, 0.15) is 19.8 Å². The van der Waals surface area contributed by atoms with Gasteiger partial charge < -0.3 is 0 Å². The van der Waals surface area contributed by atoms with Crippen LogP contribution in [-0.2, 0) is 19.1 Å². The molecule has 8 heteroatoms. The fourth-order valence-electron chi connectivity index (χ4n) is 4.02. The normalized spacial score (nSPS) is 49.4. The summed E-state index contributed by atoms with van der Waals surface area (Å²) < 4.78 is 17.3. The molecule has 0 aromatic rings. The second-order valence-electron chi connectivity index (χ2n) is 6.41. The predicted octanol–water partition coefficient (Wildman–Crippen LogP) is 0.870. The fraction of sp³-hybridized carbons (Fsp3) is 0.833. The molecule has 6 nitrogen and oxygen atoms in total. The van der Waals surface area contributed by atoms with E-state index in [1.54, 1.807) is 0 Å². The molecule has 0 radical (unpaired) electrons. The number of carbonyl (C=O) groups excluding carboxylic acids is 2. The van der Waals surface area contributed by atoms with Gasteiger partial charge in [0.05, 0.1) is 0 Å². The van der Waals surface area contributed by atoms with Crippen molar-refractivity contribution >= 4 is 54.9 Å². The Morgan fingerprint density at radius 3 is 2.90 bits per heavy atom. The summed E-state index contributed by atoms with van der Waals surface area (Å²) in [5.41, 5.74) is 0. The molecular weight excluding hydrogens is 490 g/mol. The second-order valence-corrected chi connectivity index (χ2v) is 12.9. The van der Waals surface area contributed by atoms with Gasteiger partial charge in [-0.2, -0.15) is 0 Å². The van der Waals surface area contributed by atoms with Gasteiger partial charge in [0.25, 0.3) is 0 Å². The van der Waals surface area contributed by atoms with Crippen molar-refractivity contribution in [1.82, 2.24) is 7.06 Å². The van der Waals surface area contributed by atoms with Crippen LogP contribution >= 0.6 is 43.0 Å². The molecule has 2 saturated carbocycles. The summed E-state index contributed by atoms with van der Waals surface area (Å²) in [4.78, 5) is 24.3. The third-order valence-corrected chi connectivity index (χ3v) is 12.5. The van der Waals surface area contributed by atoms with E-state index in [0.717, 1.165) is 12.8 Å². The molecule has 2 aliphatic carbocycles. The van der Waals surface area contributed by atoms with Gasteiger partial charge in [-0.15, -0.1) is 0 Å². The number of hydrogen-bond donors (Lipinski definition) is 2. The van der Waals surface area contributed by atoms with E-state index in [9.17, 15) is 9.59 Å². The Morgan fingerprint density at radius 1 is 1.55 bits per heavy atom. The number of hydrogen-bond acceptors (Lipinski definition) is 6. The topological polar surface area (TPSA) is 96.5 Å². The van der Waals surface area contributed by atoms with E-state index in [4.69, 9.17) is 9.47 Å². The zero-order chi connectivity index (χ0) is 13.9. The first-order chi connectivity index (χ1) is 9.44. The molecule has 5 aliphatic rings. The fourth-order valence-corrected chi connectivity index (χ4v) is 11.8. The molecule has 3 aliphatic heterocycles. The number of fused-ring (bicyclic) bond motifs is 2. The number of ether oxygens (including phenoxy) is 2. The van der Waals surface area contributed by atoms with Crippen molar-refractivity contribution in [3.63, 3.8) is 0 Å². The SMILES string of the molecule is CC(I)(C(=O)OC1C2CC3C(=O)OC1C3C2)C12NI1N2. The molecule has 2 bridgehead atoms. The summed E-state index contributed by atoms with van der Waals surface area (Å²) in [5.74, 6) is 0.400. The van der Waals surface area contributed by atoms with Crippen LogP contribution in [0.15, 0.2) is 0 Å². The second kappa shape index (κ2) is 3.62. The van der Waals surface area contributed by atoms with Crippen molar-refractivity contribution in [1.29, 1.82) is 0 Å².